The Morgan fingerprint density at radius 3 is 2.76 bits per heavy atom. The van der Waals surface area contributed by atoms with E-state index in [0.717, 1.165) is 34.6 Å². The van der Waals surface area contributed by atoms with Crippen LogP contribution in [-0.2, 0) is 6.54 Å². The second kappa shape index (κ2) is 7.57. The molecule has 0 radical (unpaired) electrons. The zero-order valence-electron chi connectivity index (χ0n) is 12.7. The van der Waals surface area contributed by atoms with E-state index in [-0.39, 0.29) is 0 Å². The molecule has 0 aliphatic heterocycles. The predicted octanol–water partition coefficient (Wildman–Crippen LogP) is 4.69. The summed E-state index contributed by atoms with van der Waals surface area (Å²) >= 11 is 3.49. The van der Waals surface area contributed by atoms with E-state index in [4.69, 9.17) is 4.74 Å². The summed E-state index contributed by atoms with van der Waals surface area (Å²) in [7, 11) is 0. The molecule has 4 heteroatoms. The van der Waals surface area contributed by atoms with Crippen molar-refractivity contribution in [2.45, 2.75) is 27.3 Å². The smallest absolute Gasteiger partial charge is 0.219 e. The summed E-state index contributed by atoms with van der Waals surface area (Å²) in [4.78, 5) is 4.52. The molecule has 0 atom stereocenters. The van der Waals surface area contributed by atoms with Crippen LogP contribution in [0.5, 0.6) is 11.6 Å². The number of ether oxygens (including phenoxy) is 1. The third-order valence-corrected chi connectivity index (χ3v) is 3.88. The van der Waals surface area contributed by atoms with Gasteiger partial charge in [-0.2, -0.15) is 0 Å². The van der Waals surface area contributed by atoms with E-state index in [1.54, 1.807) is 0 Å². The van der Waals surface area contributed by atoms with Crippen LogP contribution in [0, 0.1) is 12.8 Å². The predicted molar refractivity (Wildman–Crippen MR) is 89.7 cm³/mol. The Morgan fingerprint density at radius 1 is 1.24 bits per heavy atom. The van der Waals surface area contributed by atoms with E-state index in [0.29, 0.717) is 11.8 Å². The highest BCUT2D eigenvalue weighted by molar-refractivity contribution is 9.10. The van der Waals surface area contributed by atoms with Crippen molar-refractivity contribution in [2.24, 2.45) is 5.92 Å². The van der Waals surface area contributed by atoms with E-state index in [1.807, 2.05) is 43.3 Å². The van der Waals surface area contributed by atoms with Crippen molar-refractivity contribution in [1.82, 2.24) is 10.3 Å². The second-order valence-corrected chi connectivity index (χ2v) is 6.36. The number of halogens is 1. The Hall–Kier alpha value is -1.39. The number of aromatic nitrogens is 1. The topological polar surface area (TPSA) is 34.1 Å². The van der Waals surface area contributed by atoms with Gasteiger partial charge in [0.05, 0.1) is 5.69 Å². The third kappa shape index (κ3) is 5.14. The van der Waals surface area contributed by atoms with Crippen LogP contribution in [0.15, 0.2) is 40.9 Å². The molecule has 1 aromatic heterocycles. The summed E-state index contributed by atoms with van der Waals surface area (Å²) in [5.74, 6) is 2.06. The van der Waals surface area contributed by atoms with Gasteiger partial charge in [0.2, 0.25) is 5.88 Å². The van der Waals surface area contributed by atoms with Gasteiger partial charge in [0.1, 0.15) is 5.75 Å². The third-order valence-electron chi connectivity index (χ3n) is 2.99. The maximum absolute atomic E-state index is 5.82. The average molecular weight is 349 g/mol. The summed E-state index contributed by atoms with van der Waals surface area (Å²) in [5.41, 5.74) is 2.13. The van der Waals surface area contributed by atoms with E-state index in [2.05, 4.69) is 40.1 Å². The van der Waals surface area contributed by atoms with E-state index in [1.165, 1.54) is 0 Å². The lowest BCUT2D eigenvalue weighted by Crippen LogP contribution is -2.19. The lowest BCUT2D eigenvalue weighted by molar-refractivity contribution is 0.458. The van der Waals surface area contributed by atoms with Crippen LogP contribution in [0.25, 0.3) is 0 Å². The van der Waals surface area contributed by atoms with Crippen molar-refractivity contribution in [3.63, 3.8) is 0 Å². The molecule has 2 rings (SSSR count). The van der Waals surface area contributed by atoms with Crippen LogP contribution < -0.4 is 10.1 Å². The summed E-state index contributed by atoms with van der Waals surface area (Å²) in [5, 5.41) is 3.38. The van der Waals surface area contributed by atoms with Gasteiger partial charge in [-0.15, -0.1) is 0 Å². The van der Waals surface area contributed by atoms with Crippen LogP contribution in [0.1, 0.15) is 25.1 Å². The Bertz CT molecular complexity index is 599. The number of nitrogens with zero attached hydrogens (tertiary/aromatic N) is 1. The van der Waals surface area contributed by atoms with Gasteiger partial charge >= 0.3 is 0 Å². The lowest BCUT2D eigenvalue weighted by atomic mass is 10.2. The van der Waals surface area contributed by atoms with Crippen molar-refractivity contribution < 1.29 is 4.74 Å². The van der Waals surface area contributed by atoms with Crippen molar-refractivity contribution in [1.29, 1.82) is 0 Å². The maximum atomic E-state index is 5.82. The monoisotopic (exact) mass is 348 g/mol. The van der Waals surface area contributed by atoms with Crippen molar-refractivity contribution in [3.8, 4) is 11.6 Å². The largest absolute Gasteiger partial charge is 0.439 e. The first-order chi connectivity index (χ1) is 10.0. The van der Waals surface area contributed by atoms with Gasteiger partial charge in [-0.05, 0) is 49.2 Å². The summed E-state index contributed by atoms with van der Waals surface area (Å²) < 4.78 is 6.90. The highest BCUT2D eigenvalue weighted by atomic mass is 79.9. The number of pyridine rings is 1. The zero-order valence-corrected chi connectivity index (χ0v) is 14.3. The molecule has 2 aromatic rings. The summed E-state index contributed by atoms with van der Waals surface area (Å²) in [6.45, 7) is 8.16. The number of benzene rings is 1. The Balaban J connectivity index is 2.01. The van der Waals surface area contributed by atoms with Gasteiger partial charge in [0, 0.05) is 17.1 Å². The molecule has 1 aromatic carbocycles. The SMILES string of the molecule is Cc1cc(Oc2cccc(CNCC(C)C)n2)ccc1Br. The maximum Gasteiger partial charge on any atom is 0.219 e. The molecule has 0 unspecified atom stereocenters. The number of aryl methyl sites for hydroxylation is 1. The first-order valence-electron chi connectivity index (χ1n) is 7.15. The highest BCUT2D eigenvalue weighted by Crippen LogP contribution is 2.25. The molecule has 0 saturated heterocycles. The minimum absolute atomic E-state index is 0.626. The number of rotatable bonds is 6. The molecule has 0 aliphatic carbocycles. The number of hydrogen-bond acceptors (Lipinski definition) is 3. The van der Waals surface area contributed by atoms with E-state index >= 15 is 0 Å². The summed E-state index contributed by atoms with van der Waals surface area (Å²) in [6.07, 6.45) is 0. The van der Waals surface area contributed by atoms with Crippen molar-refractivity contribution in [3.05, 3.63) is 52.1 Å². The van der Waals surface area contributed by atoms with Crippen molar-refractivity contribution >= 4 is 15.9 Å². The zero-order chi connectivity index (χ0) is 15.2. The molecule has 0 amide bonds. The Labute approximate surface area is 134 Å². The average Bonchev–Trinajstić information content (AvgIpc) is 2.43. The van der Waals surface area contributed by atoms with Gasteiger partial charge in [-0.25, -0.2) is 4.98 Å². The molecule has 21 heavy (non-hydrogen) atoms. The molecule has 0 spiro atoms. The fraction of sp³-hybridized carbons (Fsp3) is 0.353. The molecular weight excluding hydrogens is 328 g/mol. The molecular formula is C17H21BrN2O. The number of nitrogens with one attached hydrogen (secondary N) is 1. The Morgan fingerprint density at radius 2 is 2.05 bits per heavy atom. The molecule has 0 aliphatic rings. The van der Waals surface area contributed by atoms with Gasteiger partial charge in [-0.1, -0.05) is 35.8 Å². The van der Waals surface area contributed by atoms with Gasteiger partial charge in [-0.3, -0.25) is 0 Å². The minimum atomic E-state index is 0.626. The van der Waals surface area contributed by atoms with Crippen LogP contribution in [0.3, 0.4) is 0 Å². The van der Waals surface area contributed by atoms with Gasteiger partial charge in [0.15, 0.2) is 0 Å². The van der Waals surface area contributed by atoms with E-state index < -0.39 is 0 Å². The fourth-order valence-electron chi connectivity index (χ4n) is 1.90. The molecule has 0 bridgehead atoms. The van der Waals surface area contributed by atoms with Gasteiger partial charge in [0.25, 0.3) is 0 Å². The normalized spacial score (nSPS) is 10.9. The summed E-state index contributed by atoms with van der Waals surface area (Å²) in [6, 6.07) is 11.8. The molecule has 0 fully saturated rings. The van der Waals surface area contributed by atoms with Crippen LogP contribution in [0.2, 0.25) is 0 Å². The van der Waals surface area contributed by atoms with Crippen LogP contribution in [-0.4, -0.2) is 11.5 Å². The van der Waals surface area contributed by atoms with Crippen molar-refractivity contribution in [2.75, 3.05) is 6.54 Å². The van der Waals surface area contributed by atoms with Crippen LogP contribution in [0.4, 0.5) is 0 Å². The first kappa shape index (κ1) is 16.0. The first-order valence-corrected chi connectivity index (χ1v) is 7.94. The minimum Gasteiger partial charge on any atom is -0.439 e. The lowest BCUT2D eigenvalue weighted by Gasteiger charge is -2.09. The molecule has 1 heterocycles. The quantitative estimate of drug-likeness (QED) is 0.822. The van der Waals surface area contributed by atoms with Gasteiger partial charge < -0.3 is 10.1 Å². The molecule has 3 nitrogen and oxygen atoms in total. The molecule has 112 valence electrons. The molecule has 0 saturated carbocycles. The Kier molecular flexibility index (Phi) is 5.76. The standard InChI is InChI=1S/C17H21BrN2O/c1-12(2)10-19-11-14-5-4-6-17(20-14)21-15-7-8-16(18)13(3)9-15/h4-9,12,19H,10-11H2,1-3H3. The van der Waals surface area contributed by atoms with E-state index in [9.17, 15) is 0 Å². The fourth-order valence-corrected chi connectivity index (χ4v) is 2.15. The molecule has 1 N–H and O–H groups in total. The second-order valence-electron chi connectivity index (χ2n) is 5.50. The number of hydrogen-bond donors (Lipinski definition) is 1. The van der Waals surface area contributed by atoms with Crippen LogP contribution >= 0.6 is 15.9 Å². The highest BCUT2D eigenvalue weighted by Gasteiger charge is 2.03.